The lowest BCUT2D eigenvalue weighted by atomic mass is 10.1. The summed E-state index contributed by atoms with van der Waals surface area (Å²) in [7, 11) is 2.09. The molecule has 0 saturated carbocycles. The number of nitrogens with one attached hydrogen (secondary N) is 2. The largest absolute Gasteiger partial charge is 0.471 e. The predicted molar refractivity (Wildman–Crippen MR) is 120 cm³/mol. The molecule has 0 aliphatic carbocycles. The Bertz CT molecular complexity index is 1240. The zero-order valence-electron chi connectivity index (χ0n) is 17.3. The van der Waals surface area contributed by atoms with Gasteiger partial charge in [0.15, 0.2) is 0 Å². The van der Waals surface area contributed by atoms with Crippen LogP contribution in [-0.2, 0) is 19.5 Å². The number of furan rings is 1. The molecule has 1 amide bonds. The molecule has 2 N–H and O–H groups in total. The van der Waals surface area contributed by atoms with Crippen LogP contribution in [0.3, 0.4) is 0 Å². The van der Waals surface area contributed by atoms with E-state index in [2.05, 4.69) is 44.7 Å². The normalized spacial score (nSPS) is 13.7. The number of anilines is 2. The van der Waals surface area contributed by atoms with Gasteiger partial charge in [0.25, 0.3) is 5.91 Å². The smallest absolute Gasteiger partial charge is 0.258 e. The SMILES string of the molecule is CN1CCc2nc(NC(=O)c3cccc4cocc34)nc(NCc3ccccc3)c2C1. The standard InChI is InChI=1S/C24H23N5O2/c1-29-11-10-21-19(13-29)22(25-12-16-6-3-2-4-7-16)27-24(26-21)28-23(30)18-9-5-8-17-14-31-15-20(17)18/h2-9,14-15H,10-13H2,1H3,(H2,25,26,27,28,30). The molecule has 0 fully saturated rings. The highest BCUT2D eigenvalue weighted by molar-refractivity contribution is 6.12. The van der Waals surface area contributed by atoms with E-state index in [1.54, 1.807) is 18.6 Å². The molecule has 1 aliphatic heterocycles. The van der Waals surface area contributed by atoms with Gasteiger partial charge in [-0.25, -0.2) is 4.98 Å². The van der Waals surface area contributed by atoms with Gasteiger partial charge in [-0.15, -0.1) is 0 Å². The molecule has 7 heteroatoms. The average Bonchev–Trinajstić information content (AvgIpc) is 3.27. The molecule has 7 nitrogen and oxygen atoms in total. The van der Waals surface area contributed by atoms with E-state index in [9.17, 15) is 4.79 Å². The third-order valence-corrected chi connectivity index (χ3v) is 5.54. The van der Waals surface area contributed by atoms with E-state index in [0.29, 0.717) is 18.1 Å². The van der Waals surface area contributed by atoms with Crippen molar-refractivity contribution in [3.05, 3.63) is 83.4 Å². The minimum Gasteiger partial charge on any atom is -0.471 e. The Hall–Kier alpha value is -3.71. The lowest BCUT2D eigenvalue weighted by molar-refractivity contribution is 0.102. The second-order valence-corrected chi connectivity index (χ2v) is 7.78. The van der Waals surface area contributed by atoms with E-state index in [4.69, 9.17) is 4.42 Å². The number of carbonyl (C=O) groups excluding carboxylic acids is 1. The van der Waals surface area contributed by atoms with Crippen LogP contribution in [-0.4, -0.2) is 34.4 Å². The Balaban J connectivity index is 1.44. The van der Waals surface area contributed by atoms with Gasteiger partial charge in [0, 0.05) is 42.4 Å². The minimum absolute atomic E-state index is 0.256. The average molecular weight is 413 g/mol. The highest BCUT2D eigenvalue weighted by Gasteiger charge is 2.22. The summed E-state index contributed by atoms with van der Waals surface area (Å²) in [4.78, 5) is 24.6. The summed E-state index contributed by atoms with van der Waals surface area (Å²) in [5.74, 6) is 0.815. The lowest BCUT2D eigenvalue weighted by Crippen LogP contribution is -2.29. The number of carbonyl (C=O) groups is 1. The number of hydrogen-bond donors (Lipinski definition) is 2. The molecule has 156 valence electrons. The molecule has 5 rings (SSSR count). The molecule has 0 bridgehead atoms. The maximum atomic E-state index is 13.0. The van der Waals surface area contributed by atoms with E-state index in [0.717, 1.165) is 52.9 Å². The van der Waals surface area contributed by atoms with E-state index in [1.807, 2.05) is 30.3 Å². The molecule has 0 saturated heterocycles. The van der Waals surface area contributed by atoms with Crippen LogP contribution in [0.2, 0.25) is 0 Å². The van der Waals surface area contributed by atoms with Gasteiger partial charge >= 0.3 is 0 Å². The van der Waals surface area contributed by atoms with Crippen molar-refractivity contribution in [2.45, 2.75) is 19.5 Å². The number of fused-ring (bicyclic) bond motifs is 2. The third kappa shape index (κ3) is 4.00. The van der Waals surface area contributed by atoms with Crippen LogP contribution < -0.4 is 10.6 Å². The Labute approximate surface area is 180 Å². The summed E-state index contributed by atoms with van der Waals surface area (Å²) in [6, 6.07) is 15.7. The monoisotopic (exact) mass is 413 g/mol. The Morgan fingerprint density at radius 1 is 1.10 bits per heavy atom. The fourth-order valence-corrected chi connectivity index (χ4v) is 3.89. The number of likely N-dealkylation sites (N-methyl/N-ethyl adjacent to an activating group) is 1. The number of hydrogen-bond acceptors (Lipinski definition) is 6. The molecule has 3 heterocycles. The van der Waals surface area contributed by atoms with Crippen molar-refractivity contribution in [3.8, 4) is 0 Å². The molecule has 0 radical (unpaired) electrons. The van der Waals surface area contributed by atoms with Gasteiger partial charge in [-0.05, 0) is 18.7 Å². The quantitative estimate of drug-likeness (QED) is 0.513. The Morgan fingerprint density at radius 3 is 2.84 bits per heavy atom. The molecule has 2 aromatic heterocycles. The van der Waals surface area contributed by atoms with Gasteiger partial charge in [0.2, 0.25) is 5.95 Å². The minimum atomic E-state index is -0.256. The number of benzene rings is 2. The number of aromatic nitrogens is 2. The van der Waals surface area contributed by atoms with Crippen LogP contribution in [0.4, 0.5) is 11.8 Å². The van der Waals surface area contributed by atoms with Crippen LogP contribution in [0, 0.1) is 0 Å². The number of amides is 1. The number of rotatable bonds is 5. The summed E-state index contributed by atoms with van der Waals surface area (Å²) in [5, 5.41) is 7.98. The molecule has 0 spiro atoms. The van der Waals surface area contributed by atoms with Crippen molar-refractivity contribution in [1.29, 1.82) is 0 Å². The fourth-order valence-electron chi connectivity index (χ4n) is 3.89. The van der Waals surface area contributed by atoms with Gasteiger partial charge in [-0.2, -0.15) is 4.98 Å². The van der Waals surface area contributed by atoms with E-state index >= 15 is 0 Å². The van der Waals surface area contributed by atoms with Crippen LogP contribution in [0.1, 0.15) is 27.2 Å². The highest BCUT2D eigenvalue weighted by atomic mass is 16.3. The molecule has 0 atom stereocenters. The summed E-state index contributed by atoms with van der Waals surface area (Å²) < 4.78 is 5.26. The van der Waals surface area contributed by atoms with Crippen molar-refractivity contribution >= 4 is 28.4 Å². The molecular formula is C24H23N5O2. The molecule has 2 aromatic carbocycles. The molecule has 4 aromatic rings. The van der Waals surface area contributed by atoms with Gasteiger partial charge in [0.1, 0.15) is 5.82 Å². The topological polar surface area (TPSA) is 83.3 Å². The fraction of sp³-hybridized carbons (Fsp3) is 0.208. The first-order chi connectivity index (χ1) is 15.2. The zero-order chi connectivity index (χ0) is 21.2. The first-order valence-electron chi connectivity index (χ1n) is 10.3. The van der Waals surface area contributed by atoms with Gasteiger partial charge < -0.3 is 14.6 Å². The van der Waals surface area contributed by atoms with Crippen molar-refractivity contribution < 1.29 is 9.21 Å². The van der Waals surface area contributed by atoms with Crippen molar-refractivity contribution in [2.24, 2.45) is 0 Å². The maximum Gasteiger partial charge on any atom is 0.258 e. The van der Waals surface area contributed by atoms with Gasteiger partial charge in [-0.3, -0.25) is 10.1 Å². The second-order valence-electron chi connectivity index (χ2n) is 7.78. The zero-order valence-corrected chi connectivity index (χ0v) is 17.3. The van der Waals surface area contributed by atoms with E-state index in [1.165, 1.54) is 0 Å². The first-order valence-corrected chi connectivity index (χ1v) is 10.3. The lowest BCUT2D eigenvalue weighted by Gasteiger charge is -2.26. The molecule has 31 heavy (non-hydrogen) atoms. The highest BCUT2D eigenvalue weighted by Crippen LogP contribution is 2.26. The van der Waals surface area contributed by atoms with E-state index < -0.39 is 0 Å². The third-order valence-electron chi connectivity index (χ3n) is 5.54. The maximum absolute atomic E-state index is 13.0. The number of nitrogens with zero attached hydrogens (tertiary/aromatic N) is 3. The van der Waals surface area contributed by atoms with Crippen molar-refractivity contribution in [2.75, 3.05) is 24.2 Å². The molecular weight excluding hydrogens is 390 g/mol. The van der Waals surface area contributed by atoms with Crippen LogP contribution in [0.15, 0.2) is 65.5 Å². The summed E-state index contributed by atoms with van der Waals surface area (Å²) in [5.41, 5.74) is 3.75. The molecule has 0 unspecified atom stereocenters. The van der Waals surface area contributed by atoms with Crippen LogP contribution in [0.5, 0.6) is 0 Å². The Kier molecular flexibility index (Phi) is 5.09. The van der Waals surface area contributed by atoms with Gasteiger partial charge in [0.05, 0.1) is 23.8 Å². The molecule has 1 aliphatic rings. The van der Waals surface area contributed by atoms with Crippen molar-refractivity contribution in [1.82, 2.24) is 14.9 Å². The Morgan fingerprint density at radius 2 is 1.97 bits per heavy atom. The van der Waals surface area contributed by atoms with Gasteiger partial charge in [-0.1, -0.05) is 42.5 Å². The first kappa shape index (κ1) is 19.3. The summed E-state index contributed by atoms with van der Waals surface area (Å²) in [6.07, 6.45) is 4.03. The second kappa shape index (κ2) is 8.20. The summed E-state index contributed by atoms with van der Waals surface area (Å²) in [6.45, 7) is 2.34. The van der Waals surface area contributed by atoms with E-state index in [-0.39, 0.29) is 5.91 Å². The van der Waals surface area contributed by atoms with Crippen LogP contribution in [0.25, 0.3) is 10.8 Å². The van der Waals surface area contributed by atoms with Crippen LogP contribution >= 0.6 is 0 Å². The predicted octanol–water partition coefficient (Wildman–Crippen LogP) is 4.08. The summed E-state index contributed by atoms with van der Waals surface area (Å²) >= 11 is 0. The van der Waals surface area contributed by atoms with Crippen molar-refractivity contribution in [3.63, 3.8) is 0 Å².